The summed E-state index contributed by atoms with van der Waals surface area (Å²) in [6.45, 7) is 13.3. The number of nitrogens with one attached hydrogen (secondary N) is 1. The molecule has 0 saturated carbocycles. The van der Waals surface area contributed by atoms with Gasteiger partial charge in [0.2, 0.25) is 0 Å². The van der Waals surface area contributed by atoms with Gasteiger partial charge in [-0.15, -0.1) is 0 Å². The van der Waals surface area contributed by atoms with Gasteiger partial charge in [-0.1, -0.05) is 20.8 Å². The molecule has 3 atom stereocenters. The van der Waals surface area contributed by atoms with Crippen molar-refractivity contribution in [1.82, 2.24) is 9.97 Å². The van der Waals surface area contributed by atoms with E-state index in [-0.39, 0.29) is 0 Å². The van der Waals surface area contributed by atoms with Crippen LogP contribution in [0.25, 0.3) is 0 Å². The molecule has 1 saturated heterocycles. The Labute approximate surface area is 123 Å². The van der Waals surface area contributed by atoms with E-state index < -0.39 is 0 Å². The van der Waals surface area contributed by atoms with Crippen LogP contribution in [0.2, 0.25) is 0 Å². The van der Waals surface area contributed by atoms with Crippen molar-refractivity contribution in [2.45, 2.75) is 53.5 Å². The lowest BCUT2D eigenvalue weighted by Crippen LogP contribution is -2.46. The first-order valence-corrected chi connectivity index (χ1v) is 7.86. The van der Waals surface area contributed by atoms with Crippen LogP contribution in [0.3, 0.4) is 0 Å². The summed E-state index contributed by atoms with van der Waals surface area (Å²) < 4.78 is 0. The molecule has 1 aromatic rings. The number of anilines is 2. The highest BCUT2D eigenvalue weighted by Gasteiger charge is 2.30. The maximum Gasteiger partial charge on any atom is 0.137 e. The Morgan fingerprint density at radius 1 is 1.30 bits per heavy atom. The van der Waals surface area contributed by atoms with Crippen LogP contribution >= 0.6 is 0 Å². The van der Waals surface area contributed by atoms with E-state index in [9.17, 15) is 0 Å². The number of aromatic nitrogens is 2. The van der Waals surface area contributed by atoms with Crippen LogP contribution in [0.1, 0.15) is 46.1 Å². The van der Waals surface area contributed by atoms with Crippen LogP contribution in [0, 0.1) is 18.8 Å². The van der Waals surface area contributed by atoms with Crippen molar-refractivity contribution in [1.29, 1.82) is 0 Å². The van der Waals surface area contributed by atoms with E-state index in [0.29, 0.717) is 12.0 Å². The zero-order valence-electron chi connectivity index (χ0n) is 13.5. The monoisotopic (exact) mass is 276 g/mol. The number of nitrogens with zero attached hydrogens (tertiary/aromatic N) is 3. The molecule has 1 fully saturated rings. The lowest BCUT2D eigenvalue weighted by molar-refractivity contribution is 0.295. The molecule has 0 spiro atoms. The first-order chi connectivity index (χ1) is 9.54. The third kappa shape index (κ3) is 3.05. The van der Waals surface area contributed by atoms with Gasteiger partial charge in [-0.2, -0.15) is 0 Å². The van der Waals surface area contributed by atoms with E-state index in [1.54, 1.807) is 6.33 Å². The fraction of sp³-hybridized carbons (Fsp3) is 0.750. The Bertz CT molecular complexity index is 446. The first kappa shape index (κ1) is 15.1. The average Bonchev–Trinajstić information content (AvgIpc) is 2.42. The molecule has 0 aromatic carbocycles. The molecule has 0 radical (unpaired) electrons. The first-order valence-electron chi connectivity index (χ1n) is 7.86. The van der Waals surface area contributed by atoms with Crippen molar-refractivity contribution in [3.8, 4) is 0 Å². The van der Waals surface area contributed by atoms with Gasteiger partial charge in [0.05, 0.1) is 0 Å². The van der Waals surface area contributed by atoms with Crippen molar-refractivity contribution in [2.75, 3.05) is 23.3 Å². The smallest absolute Gasteiger partial charge is 0.137 e. The van der Waals surface area contributed by atoms with Crippen molar-refractivity contribution in [3.05, 3.63) is 11.9 Å². The minimum atomic E-state index is 0.541. The Morgan fingerprint density at radius 3 is 2.75 bits per heavy atom. The molecule has 0 bridgehead atoms. The lowest BCUT2D eigenvalue weighted by Gasteiger charge is -2.42. The Balaban J connectivity index is 2.27. The maximum absolute atomic E-state index is 4.56. The maximum atomic E-state index is 4.56. The second-order valence-corrected chi connectivity index (χ2v) is 6.31. The summed E-state index contributed by atoms with van der Waals surface area (Å²) in [6.07, 6.45) is 4.10. The third-order valence-corrected chi connectivity index (χ3v) is 4.47. The highest BCUT2D eigenvalue weighted by Crippen LogP contribution is 2.33. The van der Waals surface area contributed by atoms with E-state index >= 15 is 0 Å². The topological polar surface area (TPSA) is 41.1 Å². The summed E-state index contributed by atoms with van der Waals surface area (Å²) in [5, 5.41) is 3.40. The number of hydrogen-bond acceptors (Lipinski definition) is 4. The average molecular weight is 276 g/mol. The molecule has 0 amide bonds. The minimum Gasteiger partial charge on any atom is -0.370 e. The molecular weight excluding hydrogens is 248 g/mol. The molecule has 2 heterocycles. The summed E-state index contributed by atoms with van der Waals surface area (Å²) in [7, 11) is 0. The van der Waals surface area contributed by atoms with Gasteiger partial charge in [0.1, 0.15) is 18.0 Å². The molecule has 1 aliphatic rings. The predicted molar refractivity (Wildman–Crippen MR) is 85.3 cm³/mol. The van der Waals surface area contributed by atoms with E-state index in [4.69, 9.17) is 0 Å². The largest absolute Gasteiger partial charge is 0.370 e. The number of hydrogen-bond donors (Lipinski definition) is 1. The van der Waals surface area contributed by atoms with Crippen LogP contribution in [-0.4, -0.2) is 29.1 Å². The highest BCUT2D eigenvalue weighted by atomic mass is 15.2. The Kier molecular flexibility index (Phi) is 4.84. The molecule has 0 aliphatic carbocycles. The standard InChI is InChI=1S/C16H28N4/c1-6-7-17-15-13(4)16(19-10-18-15)20-9-11(2)8-12(3)14(20)5/h10-12,14H,6-9H2,1-5H3,(H,17,18,19). The molecule has 4 nitrogen and oxygen atoms in total. The normalized spacial score (nSPS) is 26.6. The van der Waals surface area contributed by atoms with Crippen molar-refractivity contribution < 1.29 is 0 Å². The lowest BCUT2D eigenvalue weighted by atomic mass is 9.86. The summed E-state index contributed by atoms with van der Waals surface area (Å²) >= 11 is 0. The molecule has 20 heavy (non-hydrogen) atoms. The van der Waals surface area contributed by atoms with Gasteiger partial charge in [0, 0.05) is 24.7 Å². The molecule has 3 unspecified atom stereocenters. The third-order valence-electron chi connectivity index (χ3n) is 4.47. The molecule has 1 aromatic heterocycles. The molecule has 1 N–H and O–H groups in total. The Hall–Kier alpha value is -1.32. The van der Waals surface area contributed by atoms with E-state index in [0.717, 1.165) is 37.1 Å². The predicted octanol–water partition coefficient (Wildman–Crippen LogP) is 3.48. The van der Waals surface area contributed by atoms with Gasteiger partial charge >= 0.3 is 0 Å². The van der Waals surface area contributed by atoms with Crippen LogP contribution < -0.4 is 10.2 Å². The van der Waals surface area contributed by atoms with Crippen LogP contribution in [0.5, 0.6) is 0 Å². The van der Waals surface area contributed by atoms with Gasteiger partial charge in [0.25, 0.3) is 0 Å². The van der Waals surface area contributed by atoms with Gasteiger partial charge in [-0.3, -0.25) is 0 Å². The van der Waals surface area contributed by atoms with Crippen LogP contribution in [0.4, 0.5) is 11.6 Å². The zero-order chi connectivity index (χ0) is 14.7. The van der Waals surface area contributed by atoms with Gasteiger partial charge in [-0.05, 0) is 38.5 Å². The van der Waals surface area contributed by atoms with Crippen LogP contribution in [0.15, 0.2) is 6.33 Å². The van der Waals surface area contributed by atoms with Gasteiger partial charge in [-0.25, -0.2) is 9.97 Å². The fourth-order valence-electron chi connectivity index (χ4n) is 3.15. The minimum absolute atomic E-state index is 0.541. The second-order valence-electron chi connectivity index (χ2n) is 6.31. The number of rotatable bonds is 4. The summed E-state index contributed by atoms with van der Waals surface area (Å²) in [5.41, 5.74) is 1.18. The summed E-state index contributed by atoms with van der Waals surface area (Å²) in [5.74, 6) is 3.52. The fourth-order valence-corrected chi connectivity index (χ4v) is 3.15. The molecular formula is C16H28N4. The van der Waals surface area contributed by atoms with E-state index in [1.165, 1.54) is 12.0 Å². The molecule has 2 rings (SSSR count). The van der Waals surface area contributed by atoms with Crippen LogP contribution in [-0.2, 0) is 0 Å². The van der Waals surface area contributed by atoms with E-state index in [2.05, 4.69) is 54.8 Å². The second kappa shape index (κ2) is 6.42. The van der Waals surface area contributed by atoms with Crippen molar-refractivity contribution >= 4 is 11.6 Å². The zero-order valence-corrected chi connectivity index (χ0v) is 13.5. The quantitative estimate of drug-likeness (QED) is 0.914. The molecule has 4 heteroatoms. The molecule has 112 valence electrons. The van der Waals surface area contributed by atoms with E-state index in [1.807, 2.05) is 0 Å². The summed E-state index contributed by atoms with van der Waals surface area (Å²) in [6, 6.07) is 0.541. The van der Waals surface area contributed by atoms with Gasteiger partial charge < -0.3 is 10.2 Å². The SMILES string of the molecule is CCCNc1ncnc(N2CC(C)CC(C)C2C)c1C. The Morgan fingerprint density at radius 2 is 2.05 bits per heavy atom. The van der Waals surface area contributed by atoms with Crippen molar-refractivity contribution in [3.63, 3.8) is 0 Å². The van der Waals surface area contributed by atoms with Crippen molar-refractivity contribution in [2.24, 2.45) is 11.8 Å². The number of piperidine rings is 1. The van der Waals surface area contributed by atoms with Gasteiger partial charge in [0.15, 0.2) is 0 Å². The highest BCUT2D eigenvalue weighted by molar-refractivity contribution is 5.58. The summed E-state index contributed by atoms with van der Waals surface area (Å²) in [4.78, 5) is 11.4. The molecule has 1 aliphatic heterocycles.